The number of hydrogen-bond donors (Lipinski definition) is 2. The number of carboxylic acid groups (broad SMARTS) is 2. The van der Waals surface area contributed by atoms with Gasteiger partial charge in [0.05, 0.1) is 11.1 Å². The molecule has 0 aliphatic carbocycles. The van der Waals surface area contributed by atoms with Crippen molar-refractivity contribution in [2.45, 2.75) is 26.2 Å². The topological polar surface area (TPSA) is 127 Å². The highest BCUT2D eigenvalue weighted by atomic mass is 19.4. The zero-order valence-electron chi connectivity index (χ0n) is 17.1. The summed E-state index contributed by atoms with van der Waals surface area (Å²) in [6, 6.07) is 3.65. The van der Waals surface area contributed by atoms with Gasteiger partial charge >= 0.3 is 36.2 Å². The second kappa shape index (κ2) is 10.7. The first-order chi connectivity index (χ1) is 15.4. The van der Waals surface area contributed by atoms with Gasteiger partial charge in [0.1, 0.15) is 22.6 Å². The number of carbonyl (C=O) groups is 4. The van der Waals surface area contributed by atoms with Crippen molar-refractivity contribution < 1.29 is 65.2 Å². The molecule has 8 nitrogen and oxygen atoms in total. The zero-order chi connectivity index (χ0) is 26.4. The second-order valence-corrected chi connectivity index (χ2v) is 6.21. The Hall–Kier alpha value is -4.10. The Labute approximate surface area is 186 Å². The summed E-state index contributed by atoms with van der Waals surface area (Å²) in [6.45, 7) is 1.93. The van der Waals surface area contributed by atoms with Crippen molar-refractivity contribution in [2.75, 3.05) is 0 Å². The van der Waals surface area contributed by atoms with Crippen LogP contribution in [0.5, 0.6) is 11.5 Å². The standard InChI is InChI=1S/2C10H7F3O4/c2*1-5(14)17-8-4-6(10(11,12)13)2-3-7(8)9(15)16/h2*2-4H,1H3,(H,15,16). The van der Waals surface area contributed by atoms with Gasteiger partial charge < -0.3 is 19.7 Å². The van der Waals surface area contributed by atoms with E-state index in [4.69, 9.17) is 10.2 Å². The summed E-state index contributed by atoms with van der Waals surface area (Å²) < 4.78 is 82.9. The average molecular weight is 496 g/mol. The van der Waals surface area contributed by atoms with Crippen molar-refractivity contribution >= 4 is 23.9 Å². The number of hydrogen-bond acceptors (Lipinski definition) is 6. The van der Waals surface area contributed by atoms with Gasteiger partial charge in [0.15, 0.2) is 0 Å². The molecule has 0 amide bonds. The third kappa shape index (κ3) is 8.11. The van der Waals surface area contributed by atoms with Crippen LogP contribution in [0.2, 0.25) is 0 Å². The molecule has 0 bridgehead atoms. The fourth-order valence-corrected chi connectivity index (χ4v) is 2.23. The van der Waals surface area contributed by atoms with Gasteiger partial charge in [0.2, 0.25) is 0 Å². The molecule has 0 atom stereocenters. The predicted molar refractivity (Wildman–Crippen MR) is 99.4 cm³/mol. The fraction of sp³-hybridized carbons (Fsp3) is 0.200. The molecule has 0 aromatic heterocycles. The molecule has 0 aliphatic rings. The van der Waals surface area contributed by atoms with Crippen LogP contribution in [-0.4, -0.2) is 34.1 Å². The lowest BCUT2D eigenvalue weighted by Gasteiger charge is -2.10. The number of carboxylic acids is 2. The molecular weight excluding hydrogens is 482 g/mol. The highest BCUT2D eigenvalue weighted by Crippen LogP contribution is 2.34. The number of ether oxygens (including phenoxy) is 2. The van der Waals surface area contributed by atoms with E-state index in [1.807, 2.05) is 0 Å². The first kappa shape index (κ1) is 27.9. The quantitative estimate of drug-likeness (QED) is 0.356. The summed E-state index contributed by atoms with van der Waals surface area (Å²) in [7, 11) is 0. The van der Waals surface area contributed by atoms with Gasteiger partial charge in [0, 0.05) is 13.8 Å². The van der Waals surface area contributed by atoms with Crippen LogP contribution in [0.3, 0.4) is 0 Å². The average Bonchev–Trinajstić information content (AvgIpc) is 2.65. The molecule has 0 spiro atoms. The Morgan fingerprint density at radius 2 is 0.941 bits per heavy atom. The molecular formula is C20H14F6O8. The Bertz CT molecular complexity index is 1020. The van der Waals surface area contributed by atoms with Crippen LogP contribution in [0.25, 0.3) is 0 Å². The third-order valence-electron chi connectivity index (χ3n) is 3.59. The van der Waals surface area contributed by atoms with E-state index in [0.717, 1.165) is 26.0 Å². The second-order valence-electron chi connectivity index (χ2n) is 6.21. The highest BCUT2D eigenvalue weighted by Gasteiger charge is 2.33. The first-order valence-electron chi connectivity index (χ1n) is 8.69. The molecule has 0 aliphatic heterocycles. The molecule has 2 aromatic carbocycles. The van der Waals surface area contributed by atoms with Crippen molar-refractivity contribution in [1.82, 2.24) is 0 Å². The minimum atomic E-state index is -4.63. The lowest BCUT2D eigenvalue weighted by molar-refractivity contribution is -0.139. The summed E-state index contributed by atoms with van der Waals surface area (Å²) in [4.78, 5) is 42.7. The van der Waals surface area contributed by atoms with E-state index in [1.54, 1.807) is 0 Å². The van der Waals surface area contributed by atoms with Crippen LogP contribution in [0.15, 0.2) is 36.4 Å². The van der Waals surface area contributed by atoms with E-state index in [-0.39, 0.29) is 0 Å². The summed E-state index contributed by atoms with van der Waals surface area (Å²) in [5.74, 6) is -6.00. The molecule has 0 radical (unpaired) electrons. The molecule has 184 valence electrons. The van der Waals surface area contributed by atoms with E-state index in [2.05, 4.69) is 9.47 Å². The molecule has 34 heavy (non-hydrogen) atoms. The lowest BCUT2D eigenvalue weighted by atomic mass is 10.1. The minimum Gasteiger partial charge on any atom is -0.478 e. The SMILES string of the molecule is CC(=O)Oc1cc(C(F)(F)F)ccc1C(=O)O.CC(=O)Oc1cc(C(F)(F)F)ccc1C(=O)O. The maximum absolute atomic E-state index is 12.4. The molecule has 0 saturated carbocycles. The summed E-state index contributed by atoms with van der Waals surface area (Å²) in [5, 5.41) is 17.4. The van der Waals surface area contributed by atoms with Gasteiger partial charge in [-0.3, -0.25) is 9.59 Å². The molecule has 2 rings (SSSR count). The van der Waals surface area contributed by atoms with Crippen molar-refractivity contribution in [3.63, 3.8) is 0 Å². The van der Waals surface area contributed by atoms with Crippen LogP contribution < -0.4 is 9.47 Å². The predicted octanol–water partition coefficient (Wildman–Crippen LogP) is 4.66. The van der Waals surface area contributed by atoms with Crippen LogP contribution in [0.4, 0.5) is 26.3 Å². The minimum absolute atomic E-state index is 0.477. The fourth-order valence-electron chi connectivity index (χ4n) is 2.23. The Balaban J connectivity index is 0.000000340. The van der Waals surface area contributed by atoms with E-state index in [9.17, 15) is 45.5 Å². The van der Waals surface area contributed by atoms with Gasteiger partial charge in [-0.2, -0.15) is 26.3 Å². The number of alkyl halides is 6. The maximum atomic E-state index is 12.4. The van der Waals surface area contributed by atoms with Crippen LogP contribution >= 0.6 is 0 Å². The molecule has 0 fully saturated rings. The Morgan fingerprint density at radius 1 is 0.647 bits per heavy atom. The van der Waals surface area contributed by atoms with E-state index < -0.39 is 70.0 Å². The van der Waals surface area contributed by atoms with Crippen molar-refractivity contribution in [1.29, 1.82) is 0 Å². The van der Waals surface area contributed by atoms with Crippen molar-refractivity contribution in [3.8, 4) is 11.5 Å². The van der Waals surface area contributed by atoms with E-state index >= 15 is 0 Å². The number of halogens is 6. The van der Waals surface area contributed by atoms with Crippen LogP contribution in [-0.2, 0) is 21.9 Å². The number of carbonyl (C=O) groups excluding carboxylic acids is 2. The molecule has 0 heterocycles. The van der Waals surface area contributed by atoms with E-state index in [0.29, 0.717) is 24.3 Å². The molecule has 0 unspecified atom stereocenters. The zero-order valence-corrected chi connectivity index (χ0v) is 17.1. The number of aromatic carboxylic acids is 2. The number of esters is 2. The van der Waals surface area contributed by atoms with Gasteiger partial charge in [-0.25, -0.2) is 9.59 Å². The smallest absolute Gasteiger partial charge is 0.416 e. The third-order valence-corrected chi connectivity index (χ3v) is 3.59. The van der Waals surface area contributed by atoms with Gasteiger partial charge in [0.25, 0.3) is 0 Å². The van der Waals surface area contributed by atoms with Crippen molar-refractivity contribution in [2.24, 2.45) is 0 Å². The van der Waals surface area contributed by atoms with Crippen molar-refractivity contribution in [3.05, 3.63) is 58.7 Å². The first-order valence-corrected chi connectivity index (χ1v) is 8.69. The van der Waals surface area contributed by atoms with E-state index in [1.165, 1.54) is 0 Å². The molecule has 2 aromatic rings. The molecule has 2 N–H and O–H groups in total. The largest absolute Gasteiger partial charge is 0.478 e. The monoisotopic (exact) mass is 496 g/mol. The van der Waals surface area contributed by atoms with Gasteiger partial charge in [-0.05, 0) is 36.4 Å². The number of rotatable bonds is 4. The molecule has 0 saturated heterocycles. The Kier molecular flexibility index (Phi) is 8.77. The summed E-state index contributed by atoms with van der Waals surface area (Å²) in [5.41, 5.74) is -3.18. The molecule has 14 heteroatoms. The van der Waals surface area contributed by atoms with Gasteiger partial charge in [-0.15, -0.1) is 0 Å². The highest BCUT2D eigenvalue weighted by molar-refractivity contribution is 5.92. The lowest BCUT2D eigenvalue weighted by Crippen LogP contribution is -2.11. The van der Waals surface area contributed by atoms with Gasteiger partial charge in [-0.1, -0.05) is 0 Å². The summed E-state index contributed by atoms with van der Waals surface area (Å²) in [6.07, 6.45) is -9.27. The number of benzene rings is 2. The van der Waals surface area contributed by atoms with Crippen LogP contribution in [0, 0.1) is 0 Å². The maximum Gasteiger partial charge on any atom is 0.416 e. The normalized spacial score (nSPS) is 11.1. The Morgan fingerprint density at radius 3 is 1.15 bits per heavy atom. The van der Waals surface area contributed by atoms with Crippen LogP contribution in [0.1, 0.15) is 45.7 Å². The summed E-state index contributed by atoms with van der Waals surface area (Å²) >= 11 is 0.